The summed E-state index contributed by atoms with van der Waals surface area (Å²) in [5, 5.41) is 20.3. The van der Waals surface area contributed by atoms with Gasteiger partial charge in [-0.1, -0.05) is 13.3 Å². The number of carboxylic acids is 1. The molecule has 0 saturated carbocycles. The molecule has 1 fully saturated rings. The van der Waals surface area contributed by atoms with E-state index in [-0.39, 0.29) is 12.1 Å². The molecule has 0 aromatic carbocycles. The third kappa shape index (κ3) is 3.63. The number of carboxylic acid groups (broad SMARTS) is 1. The second kappa shape index (κ2) is 7.18. The number of rotatable bonds is 6. The Bertz CT molecular complexity index is 801. The summed E-state index contributed by atoms with van der Waals surface area (Å²) in [6.45, 7) is 3.66. The molecule has 8 heteroatoms. The van der Waals surface area contributed by atoms with Gasteiger partial charge in [-0.25, -0.2) is 4.98 Å². The van der Waals surface area contributed by atoms with Gasteiger partial charge in [0.25, 0.3) is 5.69 Å². The minimum absolute atomic E-state index is 0.0290. The average molecular weight is 346 g/mol. The standard InChI is InChI=1S/C17H22N4O4/c1-2-12-5-3-4-8-19(12)11-15-14(9-17(22)23)18-16-7-6-13(21(24)25)10-20(15)16/h6-7,10,12H,2-5,8-9,11H2,1H3,(H,22,23). The normalized spacial score (nSPS) is 18.5. The van der Waals surface area contributed by atoms with Gasteiger partial charge < -0.3 is 5.11 Å². The summed E-state index contributed by atoms with van der Waals surface area (Å²) in [7, 11) is 0. The molecule has 2 aromatic rings. The highest BCUT2D eigenvalue weighted by atomic mass is 16.6. The summed E-state index contributed by atoms with van der Waals surface area (Å²) in [5.41, 5.74) is 1.73. The summed E-state index contributed by atoms with van der Waals surface area (Å²) in [4.78, 5) is 28.6. The van der Waals surface area contributed by atoms with Gasteiger partial charge in [0, 0.05) is 18.7 Å². The van der Waals surface area contributed by atoms with Crippen molar-refractivity contribution in [3.63, 3.8) is 0 Å². The van der Waals surface area contributed by atoms with Crippen LogP contribution >= 0.6 is 0 Å². The second-order valence-electron chi connectivity index (χ2n) is 6.48. The molecule has 25 heavy (non-hydrogen) atoms. The lowest BCUT2D eigenvalue weighted by Gasteiger charge is -2.35. The Morgan fingerprint density at radius 1 is 1.44 bits per heavy atom. The zero-order chi connectivity index (χ0) is 18.0. The molecule has 8 nitrogen and oxygen atoms in total. The lowest BCUT2D eigenvalue weighted by Crippen LogP contribution is -2.39. The Kier molecular flexibility index (Phi) is 4.98. The molecule has 1 atom stereocenters. The molecular formula is C17H22N4O4. The first-order valence-corrected chi connectivity index (χ1v) is 8.59. The van der Waals surface area contributed by atoms with Crippen molar-refractivity contribution in [1.29, 1.82) is 0 Å². The topological polar surface area (TPSA) is 101 Å². The molecule has 3 heterocycles. The van der Waals surface area contributed by atoms with E-state index in [0.29, 0.717) is 23.9 Å². The van der Waals surface area contributed by atoms with E-state index < -0.39 is 10.9 Å². The smallest absolute Gasteiger partial charge is 0.309 e. The van der Waals surface area contributed by atoms with Crippen LogP contribution < -0.4 is 0 Å². The van der Waals surface area contributed by atoms with Crippen molar-refractivity contribution in [3.05, 3.63) is 39.8 Å². The number of piperidine rings is 1. The van der Waals surface area contributed by atoms with E-state index in [0.717, 1.165) is 31.5 Å². The number of fused-ring (bicyclic) bond motifs is 1. The molecule has 0 aliphatic carbocycles. The van der Waals surface area contributed by atoms with Gasteiger partial charge in [0.2, 0.25) is 0 Å². The Morgan fingerprint density at radius 3 is 2.92 bits per heavy atom. The van der Waals surface area contributed by atoms with Crippen LogP contribution in [0.4, 0.5) is 5.69 Å². The zero-order valence-corrected chi connectivity index (χ0v) is 14.2. The second-order valence-corrected chi connectivity index (χ2v) is 6.48. The van der Waals surface area contributed by atoms with Crippen LogP contribution in [0.3, 0.4) is 0 Å². The molecule has 3 rings (SSSR count). The Balaban J connectivity index is 2.03. The van der Waals surface area contributed by atoms with Crippen LogP contribution in [0.25, 0.3) is 5.65 Å². The average Bonchev–Trinajstić information content (AvgIpc) is 2.91. The molecule has 134 valence electrons. The van der Waals surface area contributed by atoms with Gasteiger partial charge in [0.05, 0.1) is 28.9 Å². The van der Waals surface area contributed by atoms with Crippen LogP contribution in [0.2, 0.25) is 0 Å². The number of hydrogen-bond donors (Lipinski definition) is 1. The number of aromatic nitrogens is 2. The van der Waals surface area contributed by atoms with Crippen molar-refractivity contribution in [3.8, 4) is 0 Å². The molecule has 0 spiro atoms. The Morgan fingerprint density at radius 2 is 2.24 bits per heavy atom. The number of carbonyl (C=O) groups is 1. The highest BCUT2D eigenvalue weighted by Crippen LogP contribution is 2.25. The number of pyridine rings is 1. The quantitative estimate of drug-likeness (QED) is 0.637. The van der Waals surface area contributed by atoms with E-state index in [9.17, 15) is 20.0 Å². The lowest BCUT2D eigenvalue weighted by atomic mass is 9.99. The van der Waals surface area contributed by atoms with Crippen LogP contribution in [-0.2, 0) is 17.8 Å². The van der Waals surface area contributed by atoms with Crippen molar-refractivity contribution in [2.24, 2.45) is 0 Å². The summed E-state index contributed by atoms with van der Waals surface area (Å²) >= 11 is 0. The molecule has 2 aromatic heterocycles. The van der Waals surface area contributed by atoms with Crippen molar-refractivity contribution >= 4 is 17.3 Å². The zero-order valence-electron chi connectivity index (χ0n) is 14.2. The monoisotopic (exact) mass is 346 g/mol. The third-order valence-electron chi connectivity index (χ3n) is 4.89. The van der Waals surface area contributed by atoms with E-state index in [4.69, 9.17) is 0 Å². The number of hydrogen-bond acceptors (Lipinski definition) is 5. The summed E-state index contributed by atoms with van der Waals surface area (Å²) in [6.07, 6.45) is 5.73. The maximum Gasteiger partial charge on any atom is 0.309 e. The van der Waals surface area contributed by atoms with Gasteiger partial charge in [-0.15, -0.1) is 0 Å². The molecular weight excluding hydrogens is 324 g/mol. The SMILES string of the molecule is CCC1CCCCN1Cc1c(CC(=O)O)nc2ccc([N+](=O)[O-])cn12. The van der Waals surface area contributed by atoms with Gasteiger partial charge in [0.15, 0.2) is 0 Å². The molecule has 1 N–H and O–H groups in total. The largest absolute Gasteiger partial charge is 0.481 e. The van der Waals surface area contributed by atoms with Gasteiger partial charge in [-0.05, 0) is 31.9 Å². The van der Waals surface area contributed by atoms with Crippen molar-refractivity contribution in [1.82, 2.24) is 14.3 Å². The van der Waals surface area contributed by atoms with Gasteiger partial charge >= 0.3 is 5.97 Å². The van der Waals surface area contributed by atoms with Crippen molar-refractivity contribution < 1.29 is 14.8 Å². The third-order valence-corrected chi connectivity index (χ3v) is 4.89. The summed E-state index contributed by atoms with van der Waals surface area (Å²) in [6, 6.07) is 3.42. The van der Waals surface area contributed by atoms with E-state index in [1.54, 1.807) is 10.5 Å². The van der Waals surface area contributed by atoms with Crippen LogP contribution in [-0.4, -0.2) is 42.9 Å². The van der Waals surface area contributed by atoms with E-state index in [1.165, 1.54) is 18.7 Å². The number of nitro groups is 1. The maximum atomic E-state index is 11.2. The maximum absolute atomic E-state index is 11.2. The van der Waals surface area contributed by atoms with Crippen LogP contribution in [0, 0.1) is 10.1 Å². The molecule has 1 aliphatic rings. The predicted molar refractivity (Wildman–Crippen MR) is 91.5 cm³/mol. The number of nitrogens with zero attached hydrogens (tertiary/aromatic N) is 4. The molecule has 1 aliphatic heterocycles. The van der Waals surface area contributed by atoms with Crippen molar-refractivity contribution in [2.75, 3.05) is 6.54 Å². The fraction of sp³-hybridized carbons (Fsp3) is 0.529. The summed E-state index contributed by atoms with van der Waals surface area (Å²) in [5.74, 6) is -0.954. The number of likely N-dealkylation sites (tertiary alicyclic amines) is 1. The predicted octanol–water partition coefficient (Wildman–Crippen LogP) is 2.63. The Hall–Kier alpha value is -2.48. The van der Waals surface area contributed by atoms with Crippen LogP contribution in [0.5, 0.6) is 0 Å². The van der Waals surface area contributed by atoms with Gasteiger partial charge in [-0.2, -0.15) is 0 Å². The first kappa shape index (κ1) is 17.3. The Labute approximate surface area is 145 Å². The first-order valence-electron chi connectivity index (χ1n) is 8.59. The van der Waals surface area contributed by atoms with Crippen LogP contribution in [0.1, 0.15) is 44.0 Å². The molecule has 1 saturated heterocycles. The lowest BCUT2D eigenvalue weighted by molar-refractivity contribution is -0.385. The fourth-order valence-corrected chi connectivity index (χ4v) is 3.61. The molecule has 0 radical (unpaired) electrons. The van der Waals surface area contributed by atoms with Crippen molar-refractivity contribution in [2.45, 2.75) is 51.6 Å². The van der Waals surface area contributed by atoms with E-state index in [2.05, 4.69) is 16.8 Å². The minimum Gasteiger partial charge on any atom is -0.481 e. The van der Waals surface area contributed by atoms with E-state index >= 15 is 0 Å². The first-order chi connectivity index (χ1) is 12.0. The number of imidazole rings is 1. The minimum atomic E-state index is -0.954. The van der Waals surface area contributed by atoms with Gasteiger partial charge in [-0.3, -0.25) is 24.2 Å². The highest BCUT2D eigenvalue weighted by molar-refractivity contribution is 5.70. The summed E-state index contributed by atoms with van der Waals surface area (Å²) < 4.78 is 1.68. The van der Waals surface area contributed by atoms with Crippen LogP contribution in [0.15, 0.2) is 18.3 Å². The van der Waals surface area contributed by atoms with E-state index in [1.807, 2.05) is 0 Å². The number of aliphatic carboxylic acids is 1. The fourth-order valence-electron chi connectivity index (χ4n) is 3.61. The highest BCUT2D eigenvalue weighted by Gasteiger charge is 2.25. The molecule has 0 bridgehead atoms. The van der Waals surface area contributed by atoms with Gasteiger partial charge in [0.1, 0.15) is 5.65 Å². The molecule has 0 amide bonds. The molecule has 1 unspecified atom stereocenters.